The second-order valence-corrected chi connectivity index (χ2v) is 5.79. The third kappa shape index (κ3) is 6.60. The van der Waals surface area contributed by atoms with Crippen LogP contribution in [0, 0.1) is 0 Å². The fourth-order valence-corrected chi connectivity index (χ4v) is 1.54. The van der Waals surface area contributed by atoms with Crippen molar-refractivity contribution < 1.29 is 9.59 Å². The smallest absolute Gasteiger partial charge is 0.251 e. The Labute approximate surface area is 132 Å². The molecule has 0 unspecified atom stereocenters. The molecule has 0 spiro atoms. The van der Waals surface area contributed by atoms with Gasteiger partial charge in [-0.15, -0.1) is 12.4 Å². The highest BCUT2D eigenvalue weighted by Gasteiger charge is 2.15. The summed E-state index contributed by atoms with van der Waals surface area (Å²) in [6.45, 7) is 7.62. The molecule has 2 amide bonds. The van der Waals surface area contributed by atoms with E-state index >= 15 is 0 Å². The minimum atomic E-state index is -0.515. The van der Waals surface area contributed by atoms with Crippen molar-refractivity contribution in [1.29, 1.82) is 0 Å². The summed E-state index contributed by atoms with van der Waals surface area (Å²) in [4.78, 5) is 23.6. The van der Waals surface area contributed by atoms with Gasteiger partial charge in [-0.05, 0) is 51.5 Å². The zero-order chi connectivity index (χ0) is 15.3. The van der Waals surface area contributed by atoms with E-state index in [4.69, 9.17) is 5.73 Å². The SMILES string of the molecule is CC[C@H](N)C(=O)Nc1ccc(C(=O)NC(C)(C)C)cc1.Cl. The second-order valence-electron chi connectivity index (χ2n) is 5.79. The summed E-state index contributed by atoms with van der Waals surface area (Å²) < 4.78 is 0. The Morgan fingerprint density at radius 2 is 1.71 bits per heavy atom. The summed E-state index contributed by atoms with van der Waals surface area (Å²) in [6.07, 6.45) is 0.581. The van der Waals surface area contributed by atoms with Gasteiger partial charge >= 0.3 is 0 Å². The molecule has 1 atom stereocenters. The topological polar surface area (TPSA) is 84.2 Å². The molecule has 1 aromatic rings. The molecule has 0 aliphatic carbocycles. The number of nitrogens with one attached hydrogen (secondary N) is 2. The van der Waals surface area contributed by atoms with Crippen LogP contribution in [-0.4, -0.2) is 23.4 Å². The van der Waals surface area contributed by atoms with Gasteiger partial charge in [0, 0.05) is 16.8 Å². The first-order valence-electron chi connectivity index (χ1n) is 6.72. The van der Waals surface area contributed by atoms with E-state index in [0.717, 1.165) is 0 Å². The third-order valence-electron chi connectivity index (χ3n) is 2.68. The lowest BCUT2D eigenvalue weighted by atomic mass is 10.1. The maximum Gasteiger partial charge on any atom is 0.251 e. The molecule has 4 N–H and O–H groups in total. The second kappa shape index (κ2) is 8.00. The highest BCUT2D eigenvalue weighted by Crippen LogP contribution is 2.11. The summed E-state index contributed by atoms with van der Waals surface area (Å²) in [5.74, 6) is -0.361. The van der Waals surface area contributed by atoms with Gasteiger partial charge < -0.3 is 16.4 Å². The van der Waals surface area contributed by atoms with Gasteiger partial charge in [0.1, 0.15) is 0 Å². The summed E-state index contributed by atoms with van der Waals surface area (Å²) >= 11 is 0. The number of hydrogen-bond donors (Lipinski definition) is 3. The molecule has 0 bridgehead atoms. The van der Waals surface area contributed by atoms with Crippen LogP contribution in [0.1, 0.15) is 44.5 Å². The first kappa shape index (κ1) is 19.4. The average molecular weight is 314 g/mol. The van der Waals surface area contributed by atoms with Gasteiger partial charge in [0.2, 0.25) is 5.91 Å². The number of rotatable bonds is 4. The molecule has 0 saturated carbocycles. The predicted octanol–water partition coefficient (Wildman–Crippen LogP) is 2.31. The fraction of sp³-hybridized carbons (Fsp3) is 0.467. The minimum absolute atomic E-state index is 0. The van der Waals surface area contributed by atoms with E-state index in [0.29, 0.717) is 17.7 Å². The molecule has 21 heavy (non-hydrogen) atoms. The van der Waals surface area contributed by atoms with Crippen molar-refractivity contribution in [3.05, 3.63) is 29.8 Å². The molecule has 6 heteroatoms. The largest absolute Gasteiger partial charge is 0.347 e. The van der Waals surface area contributed by atoms with Gasteiger partial charge in [0.05, 0.1) is 6.04 Å². The summed E-state index contributed by atoms with van der Waals surface area (Å²) in [7, 11) is 0. The van der Waals surface area contributed by atoms with Crippen molar-refractivity contribution in [3.63, 3.8) is 0 Å². The zero-order valence-corrected chi connectivity index (χ0v) is 13.7. The van der Waals surface area contributed by atoms with E-state index in [1.165, 1.54) is 0 Å². The number of halogens is 1. The molecule has 1 rings (SSSR count). The highest BCUT2D eigenvalue weighted by atomic mass is 35.5. The van der Waals surface area contributed by atoms with Gasteiger partial charge in [-0.3, -0.25) is 9.59 Å². The number of nitrogens with two attached hydrogens (primary N) is 1. The van der Waals surface area contributed by atoms with Gasteiger partial charge in [-0.2, -0.15) is 0 Å². The van der Waals surface area contributed by atoms with Crippen LogP contribution >= 0.6 is 12.4 Å². The molecule has 5 nitrogen and oxygen atoms in total. The van der Waals surface area contributed by atoms with Crippen LogP contribution in [0.5, 0.6) is 0 Å². The van der Waals surface area contributed by atoms with Gasteiger partial charge in [0.15, 0.2) is 0 Å². The first-order valence-corrected chi connectivity index (χ1v) is 6.72. The van der Waals surface area contributed by atoms with E-state index < -0.39 is 6.04 Å². The van der Waals surface area contributed by atoms with Crippen molar-refractivity contribution in [1.82, 2.24) is 5.32 Å². The van der Waals surface area contributed by atoms with Crippen LogP contribution in [0.4, 0.5) is 5.69 Å². The molecule has 0 aliphatic rings. The van der Waals surface area contributed by atoms with Crippen molar-refractivity contribution in [2.24, 2.45) is 5.73 Å². The number of amides is 2. The molecule has 0 heterocycles. The number of benzene rings is 1. The number of carbonyl (C=O) groups excluding carboxylic acids is 2. The summed E-state index contributed by atoms with van der Waals surface area (Å²) in [5.41, 5.74) is 6.54. The standard InChI is InChI=1S/C15H23N3O2.ClH/c1-5-12(16)14(20)17-11-8-6-10(7-9-11)13(19)18-15(2,3)4;/h6-9,12H,5,16H2,1-4H3,(H,17,20)(H,18,19);1H/t12-;/m0./s1. The van der Waals surface area contributed by atoms with Crippen LogP contribution in [0.2, 0.25) is 0 Å². The van der Waals surface area contributed by atoms with Crippen LogP contribution in [-0.2, 0) is 4.79 Å². The lowest BCUT2D eigenvalue weighted by Crippen LogP contribution is -2.40. The van der Waals surface area contributed by atoms with Crippen molar-refractivity contribution >= 4 is 29.9 Å². The number of anilines is 1. The molecule has 0 aliphatic heterocycles. The lowest BCUT2D eigenvalue weighted by molar-refractivity contribution is -0.117. The Morgan fingerprint density at radius 1 is 1.19 bits per heavy atom. The van der Waals surface area contributed by atoms with Crippen LogP contribution in [0.25, 0.3) is 0 Å². The maximum absolute atomic E-state index is 11.9. The first-order chi connectivity index (χ1) is 9.23. The normalized spacial score (nSPS) is 12.0. The van der Waals surface area contributed by atoms with E-state index in [9.17, 15) is 9.59 Å². The van der Waals surface area contributed by atoms with E-state index in [1.54, 1.807) is 24.3 Å². The Morgan fingerprint density at radius 3 is 2.14 bits per heavy atom. The van der Waals surface area contributed by atoms with Crippen LogP contribution < -0.4 is 16.4 Å². The average Bonchev–Trinajstić information content (AvgIpc) is 2.36. The molecule has 0 fully saturated rings. The Balaban J connectivity index is 0.00000400. The highest BCUT2D eigenvalue weighted by molar-refractivity contribution is 5.97. The van der Waals surface area contributed by atoms with Crippen LogP contribution in [0.15, 0.2) is 24.3 Å². The van der Waals surface area contributed by atoms with E-state index in [2.05, 4.69) is 10.6 Å². The number of hydrogen-bond acceptors (Lipinski definition) is 3. The lowest BCUT2D eigenvalue weighted by Gasteiger charge is -2.20. The zero-order valence-electron chi connectivity index (χ0n) is 12.9. The van der Waals surface area contributed by atoms with E-state index in [1.807, 2.05) is 27.7 Å². The minimum Gasteiger partial charge on any atom is -0.347 e. The van der Waals surface area contributed by atoms with Crippen molar-refractivity contribution in [2.45, 2.75) is 45.7 Å². The predicted molar refractivity (Wildman–Crippen MR) is 87.8 cm³/mol. The third-order valence-corrected chi connectivity index (χ3v) is 2.68. The molecule has 118 valence electrons. The van der Waals surface area contributed by atoms with Crippen LogP contribution in [0.3, 0.4) is 0 Å². The Bertz CT molecular complexity index is 481. The molecular formula is C15H24ClN3O2. The number of carbonyl (C=O) groups is 2. The molecule has 0 radical (unpaired) electrons. The monoisotopic (exact) mass is 313 g/mol. The van der Waals surface area contributed by atoms with Gasteiger partial charge in [0.25, 0.3) is 5.91 Å². The Kier molecular flexibility index (Phi) is 7.39. The fourth-order valence-electron chi connectivity index (χ4n) is 1.54. The Hall–Kier alpha value is -1.59. The van der Waals surface area contributed by atoms with Gasteiger partial charge in [-0.1, -0.05) is 6.92 Å². The van der Waals surface area contributed by atoms with E-state index in [-0.39, 0.29) is 29.8 Å². The van der Waals surface area contributed by atoms with Crippen molar-refractivity contribution in [3.8, 4) is 0 Å². The maximum atomic E-state index is 11.9. The molecular weight excluding hydrogens is 290 g/mol. The molecule has 1 aromatic carbocycles. The quantitative estimate of drug-likeness (QED) is 0.797. The van der Waals surface area contributed by atoms with Gasteiger partial charge in [-0.25, -0.2) is 0 Å². The van der Waals surface area contributed by atoms with Crippen molar-refractivity contribution in [2.75, 3.05) is 5.32 Å². The summed E-state index contributed by atoms with van der Waals surface area (Å²) in [5, 5.41) is 5.59. The summed E-state index contributed by atoms with van der Waals surface area (Å²) in [6, 6.07) is 6.22. The molecule has 0 aromatic heterocycles. The molecule has 0 saturated heterocycles.